The number of carbonyl (C=O) groups excluding carboxylic acids is 2. The summed E-state index contributed by atoms with van der Waals surface area (Å²) in [4.78, 5) is 24.2. The van der Waals surface area contributed by atoms with E-state index in [1.807, 2.05) is 12.1 Å². The number of hydrogen-bond donors (Lipinski definition) is 0. The largest absolute Gasteiger partial charge is 0.497 e. The molecule has 0 aliphatic rings. The molecule has 0 radical (unpaired) electrons. The Kier molecular flexibility index (Phi) is 8.48. The lowest BCUT2D eigenvalue weighted by Gasteiger charge is -2.25. The van der Waals surface area contributed by atoms with E-state index < -0.39 is 28.5 Å². The van der Waals surface area contributed by atoms with Crippen molar-refractivity contribution in [2.75, 3.05) is 31.2 Å². The number of carbonyl (C=O) groups is 2. The van der Waals surface area contributed by atoms with Gasteiger partial charge in [-0.05, 0) is 61.2 Å². The lowest BCUT2D eigenvalue weighted by atomic mass is 10.0. The fourth-order valence-corrected chi connectivity index (χ4v) is 4.94. The Hall–Kier alpha value is -3.85. The molecule has 3 rings (SSSR count). The molecule has 0 fully saturated rings. The molecule has 0 spiro atoms. The zero-order chi connectivity index (χ0) is 25.4. The minimum absolute atomic E-state index is 0.00189. The lowest BCUT2D eigenvalue weighted by molar-refractivity contribution is -0.141. The van der Waals surface area contributed by atoms with Gasteiger partial charge in [-0.25, -0.2) is 13.2 Å². The maximum atomic E-state index is 13.7. The normalized spacial score (nSPS) is 11.4. The quantitative estimate of drug-likeness (QED) is 0.306. The Morgan fingerprint density at radius 1 is 0.886 bits per heavy atom. The van der Waals surface area contributed by atoms with Crippen molar-refractivity contribution in [2.24, 2.45) is 0 Å². The van der Waals surface area contributed by atoms with E-state index >= 15 is 0 Å². The molecule has 0 saturated heterocycles. The van der Waals surface area contributed by atoms with Gasteiger partial charge in [0.15, 0.2) is 0 Å². The summed E-state index contributed by atoms with van der Waals surface area (Å²) >= 11 is 0. The van der Waals surface area contributed by atoms with Crippen LogP contribution in [0.5, 0.6) is 5.75 Å². The third-order valence-corrected chi connectivity index (χ3v) is 6.89. The molecule has 0 saturated carbocycles. The summed E-state index contributed by atoms with van der Waals surface area (Å²) in [5.41, 5.74) is 0.994. The zero-order valence-electron chi connectivity index (χ0n) is 19.8. The molecule has 3 aromatic rings. The van der Waals surface area contributed by atoms with Crippen LogP contribution in [0, 0.1) is 0 Å². The Labute approximate surface area is 204 Å². The van der Waals surface area contributed by atoms with E-state index in [9.17, 15) is 18.0 Å². The molecule has 0 aliphatic carbocycles. The average Bonchev–Trinajstić information content (AvgIpc) is 2.86. The highest BCUT2D eigenvalue weighted by molar-refractivity contribution is 7.92. The SMILES string of the molecule is CCOC(=O)/C=C/c1ccc(N(CC(=O)OCC)S(=O)(=O)c2ccc(OC)cc2)c2ccccc12. The first-order valence-electron chi connectivity index (χ1n) is 11.0. The Morgan fingerprint density at radius 2 is 1.54 bits per heavy atom. The van der Waals surface area contributed by atoms with E-state index in [2.05, 4.69) is 0 Å². The first kappa shape index (κ1) is 25.8. The average molecular weight is 498 g/mol. The van der Waals surface area contributed by atoms with Crippen LogP contribution in [0.3, 0.4) is 0 Å². The number of benzene rings is 3. The predicted molar refractivity (Wildman–Crippen MR) is 134 cm³/mol. The van der Waals surface area contributed by atoms with Gasteiger partial charge in [0, 0.05) is 11.5 Å². The number of rotatable bonds is 10. The zero-order valence-corrected chi connectivity index (χ0v) is 20.6. The maximum Gasteiger partial charge on any atom is 0.330 e. The van der Waals surface area contributed by atoms with E-state index in [-0.39, 0.29) is 18.1 Å². The van der Waals surface area contributed by atoms with E-state index in [1.165, 1.54) is 37.5 Å². The fraction of sp³-hybridized carbons (Fsp3) is 0.231. The summed E-state index contributed by atoms with van der Waals surface area (Å²) in [6.45, 7) is 3.24. The molecule has 0 bridgehead atoms. The molecular formula is C26H27NO7S. The van der Waals surface area contributed by atoms with Crippen LogP contribution in [-0.2, 0) is 29.1 Å². The van der Waals surface area contributed by atoms with E-state index in [1.54, 1.807) is 44.2 Å². The highest BCUT2D eigenvalue weighted by atomic mass is 32.2. The number of hydrogen-bond acceptors (Lipinski definition) is 7. The van der Waals surface area contributed by atoms with Crippen molar-refractivity contribution in [2.45, 2.75) is 18.7 Å². The number of fused-ring (bicyclic) bond motifs is 1. The lowest BCUT2D eigenvalue weighted by Crippen LogP contribution is -2.36. The van der Waals surface area contributed by atoms with Gasteiger partial charge in [0.2, 0.25) is 0 Å². The molecule has 8 nitrogen and oxygen atoms in total. The molecule has 0 aromatic heterocycles. The van der Waals surface area contributed by atoms with Crippen molar-refractivity contribution >= 4 is 44.5 Å². The third kappa shape index (κ3) is 5.99. The first-order chi connectivity index (χ1) is 16.8. The number of ether oxygens (including phenoxy) is 3. The molecule has 0 aliphatic heterocycles. The molecule has 35 heavy (non-hydrogen) atoms. The van der Waals surface area contributed by atoms with Gasteiger partial charge >= 0.3 is 11.9 Å². The summed E-state index contributed by atoms with van der Waals surface area (Å²) < 4.78 is 43.5. The Balaban J connectivity index is 2.15. The molecule has 3 aromatic carbocycles. The smallest absolute Gasteiger partial charge is 0.330 e. The summed E-state index contributed by atoms with van der Waals surface area (Å²) in [6.07, 6.45) is 2.92. The van der Waals surface area contributed by atoms with E-state index in [0.29, 0.717) is 27.8 Å². The molecule has 0 amide bonds. The monoisotopic (exact) mass is 497 g/mol. The standard InChI is InChI=1S/C26H27NO7S/c1-4-33-25(28)17-11-19-10-16-24(23-9-7-6-8-22(19)23)27(18-26(29)34-5-2)35(30,31)21-14-12-20(32-3)13-15-21/h6-17H,4-5,18H2,1-3H3/b17-11+. The van der Waals surface area contributed by atoms with Crippen LogP contribution in [0.2, 0.25) is 0 Å². The second-order valence-corrected chi connectivity index (χ2v) is 9.16. The molecule has 9 heteroatoms. The predicted octanol–water partition coefficient (Wildman–Crippen LogP) is 4.18. The molecule has 0 heterocycles. The summed E-state index contributed by atoms with van der Waals surface area (Å²) in [5.74, 6) is -0.657. The molecular weight excluding hydrogens is 470 g/mol. The summed E-state index contributed by atoms with van der Waals surface area (Å²) in [6, 6.07) is 16.4. The fourth-order valence-electron chi connectivity index (χ4n) is 3.52. The van der Waals surface area contributed by atoms with Gasteiger partial charge in [0.25, 0.3) is 10.0 Å². The second kappa shape index (κ2) is 11.5. The Bertz CT molecular complexity index is 1330. The summed E-state index contributed by atoms with van der Waals surface area (Å²) in [5, 5.41) is 1.28. The number of methoxy groups -OCH3 is 1. The van der Waals surface area contributed by atoms with Crippen LogP contribution in [0.25, 0.3) is 16.8 Å². The molecule has 0 N–H and O–H groups in total. The number of nitrogens with zero attached hydrogens (tertiary/aromatic N) is 1. The van der Waals surface area contributed by atoms with Crippen molar-refractivity contribution in [3.63, 3.8) is 0 Å². The molecule has 184 valence electrons. The van der Waals surface area contributed by atoms with Crippen LogP contribution >= 0.6 is 0 Å². The first-order valence-corrected chi connectivity index (χ1v) is 12.4. The van der Waals surface area contributed by atoms with Gasteiger partial charge in [-0.15, -0.1) is 0 Å². The topological polar surface area (TPSA) is 99.2 Å². The van der Waals surface area contributed by atoms with Crippen molar-refractivity contribution in [1.29, 1.82) is 0 Å². The third-order valence-electron chi connectivity index (χ3n) is 5.11. The Morgan fingerprint density at radius 3 is 2.17 bits per heavy atom. The highest BCUT2D eigenvalue weighted by Crippen LogP contribution is 2.34. The van der Waals surface area contributed by atoms with Gasteiger partial charge in [0.1, 0.15) is 12.3 Å². The van der Waals surface area contributed by atoms with Crippen LogP contribution in [0.1, 0.15) is 19.4 Å². The van der Waals surface area contributed by atoms with Crippen molar-refractivity contribution in [3.05, 3.63) is 72.3 Å². The van der Waals surface area contributed by atoms with Crippen LogP contribution in [0.4, 0.5) is 5.69 Å². The minimum atomic E-state index is -4.15. The van der Waals surface area contributed by atoms with E-state index in [4.69, 9.17) is 14.2 Å². The van der Waals surface area contributed by atoms with Crippen molar-refractivity contribution in [3.8, 4) is 5.75 Å². The minimum Gasteiger partial charge on any atom is -0.497 e. The molecule has 0 unspecified atom stereocenters. The maximum absolute atomic E-state index is 13.7. The number of esters is 2. The van der Waals surface area contributed by atoms with E-state index in [0.717, 1.165) is 4.31 Å². The van der Waals surface area contributed by atoms with Gasteiger partial charge in [-0.1, -0.05) is 30.3 Å². The number of sulfonamides is 1. The summed E-state index contributed by atoms with van der Waals surface area (Å²) in [7, 11) is -2.66. The van der Waals surface area contributed by atoms with Crippen molar-refractivity contribution in [1.82, 2.24) is 0 Å². The van der Waals surface area contributed by atoms with Gasteiger partial charge in [-0.3, -0.25) is 9.10 Å². The second-order valence-electron chi connectivity index (χ2n) is 7.30. The highest BCUT2D eigenvalue weighted by Gasteiger charge is 2.29. The van der Waals surface area contributed by atoms with Gasteiger partial charge in [-0.2, -0.15) is 0 Å². The van der Waals surface area contributed by atoms with Crippen LogP contribution < -0.4 is 9.04 Å². The van der Waals surface area contributed by atoms with Gasteiger partial charge in [0.05, 0.1) is 30.9 Å². The van der Waals surface area contributed by atoms with Crippen LogP contribution in [0.15, 0.2) is 71.6 Å². The molecule has 0 atom stereocenters. The van der Waals surface area contributed by atoms with Crippen molar-refractivity contribution < 1.29 is 32.2 Å². The van der Waals surface area contributed by atoms with Crippen LogP contribution in [-0.4, -0.2) is 47.2 Å². The number of anilines is 1. The van der Waals surface area contributed by atoms with Gasteiger partial charge < -0.3 is 14.2 Å².